The third kappa shape index (κ3) is 7.17. The van der Waals surface area contributed by atoms with Gasteiger partial charge in [0.1, 0.15) is 29.4 Å². The lowest BCUT2D eigenvalue weighted by Gasteiger charge is -2.21. The SMILES string of the molecule is COc1ccccc1-n1cc(-c2ccccc2S(=O)(=O)c2ccc(OC[O-])cc2)nn1.C[N+](C)(C)CCO. The highest BCUT2D eigenvalue weighted by atomic mass is 32.2. The molecule has 0 radical (unpaired) electrons. The second kappa shape index (κ2) is 12.7. The van der Waals surface area contributed by atoms with Gasteiger partial charge in [-0.25, -0.2) is 13.1 Å². The van der Waals surface area contributed by atoms with Gasteiger partial charge in [-0.05, 0) is 42.5 Å². The van der Waals surface area contributed by atoms with Crippen molar-refractivity contribution in [2.24, 2.45) is 0 Å². The van der Waals surface area contributed by atoms with Gasteiger partial charge in [-0.15, -0.1) is 5.10 Å². The molecule has 1 N–H and O–H groups in total. The molecule has 0 aliphatic carbocycles. The lowest BCUT2D eigenvalue weighted by molar-refractivity contribution is -0.870. The number of methoxy groups -OCH3 is 1. The first kappa shape index (κ1) is 28.8. The fourth-order valence-electron chi connectivity index (χ4n) is 3.45. The third-order valence-electron chi connectivity index (χ3n) is 5.41. The lowest BCUT2D eigenvalue weighted by Crippen LogP contribution is -2.36. The normalized spacial score (nSPS) is 11.4. The van der Waals surface area contributed by atoms with E-state index in [1.54, 1.807) is 37.6 Å². The lowest BCUT2D eigenvalue weighted by atomic mass is 10.2. The fraction of sp³-hybridized carbons (Fsp3) is 0.259. The number of aliphatic hydroxyl groups excluding tert-OH is 1. The molecule has 0 saturated carbocycles. The molecule has 0 unspecified atom stereocenters. The Balaban J connectivity index is 0.000000505. The van der Waals surface area contributed by atoms with Gasteiger partial charge >= 0.3 is 0 Å². The van der Waals surface area contributed by atoms with Crippen molar-refractivity contribution in [2.45, 2.75) is 9.79 Å². The number of aliphatic hydroxyl groups is 1. The van der Waals surface area contributed by atoms with Crippen LogP contribution in [0.4, 0.5) is 0 Å². The maximum atomic E-state index is 13.3. The molecule has 38 heavy (non-hydrogen) atoms. The number of nitrogens with zero attached hydrogens (tertiary/aromatic N) is 4. The summed E-state index contributed by atoms with van der Waals surface area (Å²) in [5.74, 6) is 0.919. The number of sulfone groups is 1. The molecule has 0 spiro atoms. The van der Waals surface area contributed by atoms with Crippen molar-refractivity contribution in [2.75, 3.05) is 48.2 Å². The van der Waals surface area contributed by atoms with Gasteiger partial charge < -0.3 is 24.2 Å². The summed E-state index contributed by atoms with van der Waals surface area (Å²) in [6, 6.07) is 19.6. The summed E-state index contributed by atoms with van der Waals surface area (Å²) < 4.78 is 39.2. The number of hydrogen-bond donors (Lipinski definition) is 1. The highest BCUT2D eigenvalue weighted by Gasteiger charge is 2.23. The predicted molar refractivity (Wildman–Crippen MR) is 141 cm³/mol. The largest absolute Gasteiger partial charge is 0.824 e. The third-order valence-corrected chi connectivity index (χ3v) is 7.24. The van der Waals surface area contributed by atoms with Gasteiger partial charge in [-0.2, -0.15) is 0 Å². The minimum atomic E-state index is -3.85. The zero-order chi connectivity index (χ0) is 27.8. The smallest absolute Gasteiger partial charge is 0.207 e. The standard InChI is InChI=1S/C22H18N3O5S.C5H14NO/c1-29-21-8-4-3-7-20(21)25-14-19(23-24-25)18-6-2-5-9-22(18)31(27,28)17-12-10-16(11-13-17)30-15-26;1-6(2,3)4-5-7/h2-14H,15H2,1H3;7H,4-5H2,1-3H3/q-1;+1. The van der Waals surface area contributed by atoms with Crippen molar-refractivity contribution in [3.05, 3.63) is 79.0 Å². The molecular formula is C27H32N4O6S. The Labute approximate surface area is 222 Å². The van der Waals surface area contributed by atoms with E-state index >= 15 is 0 Å². The second-order valence-corrected chi connectivity index (χ2v) is 11.1. The molecule has 0 aliphatic rings. The molecule has 0 aliphatic heterocycles. The van der Waals surface area contributed by atoms with Crippen LogP contribution >= 0.6 is 0 Å². The van der Waals surface area contributed by atoms with E-state index in [0.29, 0.717) is 28.4 Å². The minimum absolute atomic E-state index is 0.0790. The number of hydrogen-bond acceptors (Lipinski definition) is 8. The summed E-state index contributed by atoms with van der Waals surface area (Å²) in [5, 5.41) is 27.3. The Morgan fingerprint density at radius 2 is 1.63 bits per heavy atom. The van der Waals surface area contributed by atoms with Crippen molar-refractivity contribution in [3.8, 4) is 28.4 Å². The van der Waals surface area contributed by atoms with E-state index in [1.165, 1.54) is 35.0 Å². The van der Waals surface area contributed by atoms with E-state index in [1.807, 2.05) is 18.2 Å². The first-order valence-corrected chi connectivity index (χ1v) is 13.2. The van der Waals surface area contributed by atoms with Crippen LogP contribution in [0.5, 0.6) is 11.5 Å². The van der Waals surface area contributed by atoms with E-state index in [0.717, 1.165) is 11.0 Å². The summed E-state index contributed by atoms with van der Waals surface area (Å²) >= 11 is 0. The van der Waals surface area contributed by atoms with Crippen molar-refractivity contribution in [3.63, 3.8) is 0 Å². The van der Waals surface area contributed by atoms with Crippen LogP contribution in [0.25, 0.3) is 16.9 Å². The minimum Gasteiger partial charge on any atom is -0.824 e. The second-order valence-electron chi connectivity index (χ2n) is 9.19. The molecular weight excluding hydrogens is 508 g/mol. The highest BCUT2D eigenvalue weighted by Crippen LogP contribution is 2.32. The average molecular weight is 541 g/mol. The predicted octanol–water partition coefficient (Wildman–Crippen LogP) is 2.16. The molecule has 10 nitrogen and oxygen atoms in total. The van der Waals surface area contributed by atoms with Crippen molar-refractivity contribution in [1.82, 2.24) is 15.0 Å². The molecule has 0 bridgehead atoms. The van der Waals surface area contributed by atoms with E-state index in [-0.39, 0.29) is 16.4 Å². The summed E-state index contributed by atoms with van der Waals surface area (Å²) in [5.41, 5.74) is 1.50. The molecule has 3 aromatic carbocycles. The molecule has 1 aromatic heterocycles. The van der Waals surface area contributed by atoms with Gasteiger partial charge in [0.05, 0.1) is 50.8 Å². The number of quaternary nitrogens is 1. The van der Waals surface area contributed by atoms with Gasteiger partial charge in [-0.1, -0.05) is 35.5 Å². The highest BCUT2D eigenvalue weighted by molar-refractivity contribution is 7.91. The van der Waals surface area contributed by atoms with Crippen LogP contribution in [-0.4, -0.2) is 81.2 Å². The quantitative estimate of drug-likeness (QED) is 0.253. The van der Waals surface area contributed by atoms with Crippen molar-refractivity contribution >= 4 is 9.84 Å². The summed E-state index contributed by atoms with van der Waals surface area (Å²) in [6.07, 6.45) is 1.65. The summed E-state index contributed by atoms with van der Waals surface area (Å²) in [7, 11) is 3.86. The Morgan fingerprint density at radius 1 is 0.974 bits per heavy atom. The molecule has 4 aromatic rings. The van der Waals surface area contributed by atoms with Gasteiger partial charge in [0.15, 0.2) is 0 Å². The van der Waals surface area contributed by atoms with Crippen molar-refractivity contribution in [1.29, 1.82) is 0 Å². The molecule has 0 fully saturated rings. The zero-order valence-electron chi connectivity index (χ0n) is 21.8. The van der Waals surface area contributed by atoms with Gasteiger partial charge in [0.25, 0.3) is 0 Å². The van der Waals surface area contributed by atoms with Crippen LogP contribution in [0, 0.1) is 0 Å². The summed E-state index contributed by atoms with van der Waals surface area (Å²) in [4.78, 5) is 0.176. The maximum absolute atomic E-state index is 13.3. The summed E-state index contributed by atoms with van der Waals surface area (Å²) in [6.45, 7) is 0.375. The number of likely N-dealkylation sites (N-methyl/N-ethyl adjacent to an activating group) is 1. The Bertz CT molecular complexity index is 1430. The van der Waals surface area contributed by atoms with Crippen LogP contribution in [0.2, 0.25) is 0 Å². The molecule has 202 valence electrons. The monoisotopic (exact) mass is 540 g/mol. The van der Waals surface area contributed by atoms with E-state index in [2.05, 4.69) is 31.5 Å². The van der Waals surface area contributed by atoms with Gasteiger partial charge in [0.2, 0.25) is 9.84 Å². The number of benzene rings is 3. The fourth-order valence-corrected chi connectivity index (χ4v) is 4.91. The first-order valence-electron chi connectivity index (χ1n) is 11.7. The number of rotatable bonds is 9. The molecule has 0 saturated heterocycles. The Morgan fingerprint density at radius 3 is 2.24 bits per heavy atom. The molecule has 4 rings (SSSR count). The van der Waals surface area contributed by atoms with Crippen LogP contribution in [0.3, 0.4) is 0 Å². The zero-order valence-corrected chi connectivity index (χ0v) is 22.6. The van der Waals surface area contributed by atoms with E-state index < -0.39 is 16.6 Å². The van der Waals surface area contributed by atoms with Crippen molar-refractivity contribution < 1.29 is 32.6 Å². The Kier molecular flexibility index (Phi) is 9.59. The van der Waals surface area contributed by atoms with Crippen LogP contribution in [-0.2, 0) is 9.84 Å². The number of para-hydroxylation sites is 2. The average Bonchev–Trinajstić information content (AvgIpc) is 3.39. The Hall–Kier alpha value is -3.77. The van der Waals surface area contributed by atoms with Gasteiger partial charge in [0, 0.05) is 12.4 Å². The van der Waals surface area contributed by atoms with Gasteiger partial charge in [-0.3, -0.25) is 0 Å². The first-order chi connectivity index (χ1) is 18.1. The van der Waals surface area contributed by atoms with E-state index in [4.69, 9.17) is 14.6 Å². The molecule has 11 heteroatoms. The molecule has 1 heterocycles. The van der Waals surface area contributed by atoms with Crippen LogP contribution < -0.4 is 14.6 Å². The van der Waals surface area contributed by atoms with E-state index in [9.17, 15) is 13.5 Å². The topological polar surface area (TPSA) is 127 Å². The maximum Gasteiger partial charge on any atom is 0.207 e. The van der Waals surface area contributed by atoms with Crippen LogP contribution in [0.15, 0.2) is 88.8 Å². The van der Waals surface area contributed by atoms with Crippen LogP contribution in [0.1, 0.15) is 0 Å². The molecule has 0 atom stereocenters. The molecule has 0 amide bonds. The number of ether oxygens (including phenoxy) is 2. The number of aromatic nitrogens is 3.